The highest BCUT2D eigenvalue weighted by molar-refractivity contribution is 7.98. The molecule has 0 bridgehead atoms. The molecule has 3 rings (SSSR count). The molecule has 4 N–H and O–H groups in total. The summed E-state index contributed by atoms with van der Waals surface area (Å²) in [5, 5.41) is 19.5. The second-order valence-electron chi connectivity index (χ2n) is 9.76. The van der Waals surface area contributed by atoms with Crippen molar-refractivity contribution in [1.82, 2.24) is 20.9 Å². The molecule has 0 aromatic heterocycles. The molecular weight excluding hydrogens is 484 g/mol. The summed E-state index contributed by atoms with van der Waals surface area (Å²) in [6.07, 6.45) is 3.52. The molecular formula is C25H38N4O4S2. The van der Waals surface area contributed by atoms with Crippen LogP contribution in [0.2, 0.25) is 0 Å². The van der Waals surface area contributed by atoms with Crippen molar-refractivity contribution in [3.05, 3.63) is 35.4 Å². The minimum Gasteiger partial charge on any atom is -0.480 e. The fourth-order valence-corrected chi connectivity index (χ4v) is 5.59. The standard InChI is InChI=1S/C25H38N4O4S2/c1-15(2)22(27-12-18-11-19(34)13-26-18)24(31)29-14-17-7-5-4-6-16(17)10-21(29)23(30)28-20(25(32)33)8-9-35-3/h4-7,15,18-22,26-27,34H,8-14H2,1-3H3,(H,28,30)(H,32,33)/t18-,19?,20-,21-,22-/m0/s1. The summed E-state index contributed by atoms with van der Waals surface area (Å²) in [6, 6.07) is 5.86. The van der Waals surface area contributed by atoms with E-state index in [0.29, 0.717) is 36.9 Å². The average Bonchev–Trinajstić information content (AvgIpc) is 3.25. The SMILES string of the molecule is CSCC[C@H](NC(=O)[C@@H]1Cc2ccccc2CN1C(=O)[C@@H](NC[C@@H]1CC(S)CN1)C(C)C)C(=O)O. The molecule has 194 valence electrons. The van der Waals surface area contributed by atoms with Crippen LogP contribution in [0.4, 0.5) is 0 Å². The number of nitrogens with one attached hydrogen (secondary N) is 3. The normalized spacial score (nSPS) is 23.6. The fourth-order valence-electron chi connectivity index (χ4n) is 4.76. The van der Waals surface area contributed by atoms with Gasteiger partial charge in [-0.3, -0.25) is 9.59 Å². The number of carbonyl (C=O) groups excluding carboxylic acids is 2. The van der Waals surface area contributed by atoms with E-state index in [9.17, 15) is 19.5 Å². The van der Waals surface area contributed by atoms with Crippen molar-refractivity contribution in [3.8, 4) is 0 Å². The predicted octanol–water partition coefficient (Wildman–Crippen LogP) is 1.54. The minimum atomic E-state index is -1.06. The van der Waals surface area contributed by atoms with Gasteiger partial charge in [0.2, 0.25) is 11.8 Å². The molecule has 2 amide bonds. The van der Waals surface area contributed by atoms with Gasteiger partial charge in [-0.25, -0.2) is 4.79 Å². The van der Waals surface area contributed by atoms with Crippen molar-refractivity contribution in [2.75, 3.05) is 25.1 Å². The molecule has 2 aliphatic heterocycles. The lowest BCUT2D eigenvalue weighted by Crippen LogP contribution is -2.60. The lowest BCUT2D eigenvalue weighted by molar-refractivity contribution is -0.146. The van der Waals surface area contributed by atoms with Gasteiger partial charge in [0.15, 0.2) is 0 Å². The molecule has 0 radical (unpaired) electrons. The van der Waals surface area contributed by atoms with Crippen LogP contribution in [0.3, 0.4) is 0 Å². The molecule has 1 unspecified atom stereocenters. The second kappa shape index (κ2) is 13.0. The van der Waals surface area contributed by atoms with Crippen LogP contribution >= 0.6 is 24.4 Å². The number of thiol groups is 1. The van der Waals surface area contributed by atoms with Gasteiger partial charge in [0.1, 0.15) is 12.1 Å². The van der Waals surface area contributed by atoms with Crippen LogP contribution in [-0.2, 0) is 27.3 Å². The number of aliphatic carboxylic acids is 1. The van der Waals surface area contributed by atoms with Crippen LogP contribution in [-0.4, -0.2) is 82.3 Å². The van der Waals surface area contributed by atoms with Crippen molar-refractivity contribution in [1.29, 1.82) is 0 Å². The van der Waals surface area contributed by atoms with Crippen molar-refractivity contribution in [3.63, 3.8) is 0 Å². The number of amides is 2. The van der Waals surface area contributed by atoms with Gasteiger partial charge in [0, 0.05) is 37.3 Å². The largest absolute Gasteiger partial charge is 0.480 e. The Morgan fingerprint density at radius 1 is 1.26 bits per heavy atom. The van der Waals surface area contributed by atoms with Gasteiger partial charge in [-0.1, -0.05) is 38.1 Å². The van der Waals surface area contributed by atoms with E-state index in [4.69, 9.17) is 0 Å². The number of rotatable bonds is 11. The van der Waals surface area contributed by atoms with Crippen LogP contribution in [0.15, 0.2) is 24.3 Å². The number of hydrogen-bond acceptors (Lipinski definition) is 7. The number of benzene rings is 1. The number of carboxylic acids is 1. The Balaban J connectivity index is 1.80. The maximum absolute atomic E-state index is 13.9. The summed E-state index contributed by atoms with van der Waals surface area (Å²) in [6.45, 7) is 5.80. The lowest BCUT2D eigenvalue weighted by Gasteiger charge is -2.39. The first-order chi connectivity index (χ1) is 16.7. The van der Waals surface area contributed by atoms with Crippen molar-refractivity contribution in [2.45, 2.75) is 69.1 Å². The Hall–Kier alpha value is -1.75. The first-order valence-electron chi connectivity index (χ1n) is 12.3. The molecule has 1 fully saturated rings. The summed E-state index contributed by atoms with van der Waals surface area (Å²) in [4.78, 5) is 40.6. The molecule has 5 atom stereocenters. The van der Waals surface area contributed by atoms with Crippen LogP contribution in [0, 0.1) is 5.92 Å². The zero-order valence-corrected chi connectivity index (χ0v) is 22.4. The quantitative estimate of drug-likeness (QED) is 0.280. The van der Waals surface area contributed by atoms with E-state index in [-0.39, 0.29) is 17.9 Å². The molecule has 2 heterocycles. The topological polar surface area (TPSA) is 111 Å². The monoisotopic (exact) mass is 522 g/mol. The summed E-state index contributed by atoms with van der Waals surface area (Å²) in [5.41, 5.74) is 2.02. The van der Waals surface area contributed by atoms with E-state index in [2.05, 4.69) is 28.6 Å². The van der Waals surface area contributed by atoms with Gasteiger partial charge < -0.3 is 26.0 Å². The van der Waals surface area contributed by atoms with Crippen LogP contribution in [0.25, 0.3) is 0 Å². The highest BCUT2D eigenvalue weighted by Gasteiger charge is 2.39. The summed E-state index contributed by atoms with van der Waals surface area (Å²) in [5.74, 6) is -0.972. The molecule has 35 heavy (non-hydrogen) atoms. The number of thioether (sulfide) groups is 1. The number of fused-ring (bicyclic) bond motifs is 1. The molecule has 10 heteroatoms. The van der Waals surface area contributed by atoms with Crippen molar-refractivity contribution >= 4 is 42.2 Å². The second-order valence-corrected chi connectivity index (χ2v) is 11.5. The Morgan fingerprint density at radius 3 is 2.57 bits per heavy atom. The average molecular weight is 523 g/mol. The maximum atomic E-state index is 13.9. The Kier molecular flexibility index (Phi) is 10.3. The molecule has 1 aromatic rings. The Labute approximate surface area is 217 Å². The van der Waals surface area contributed by atoms with Crippen molar-refractivity contribution in [2.24, 2.45) is 5.92 Å². The van der Waals surface area contributed by atoms with E-state index >= 15 is 0 Å². The van der Waals surface area contributed by atoms with Gasteiger partial charge >= 0.3 is 5.97 Å². The molecule has 1 saturated heterocycles. The fraction of sp³-hybridized carbons (Fsp3) is 0.640. The maximum Gasteiger partial charge on any atom is 0.326 e. The summed E-state index contributed by atoms with van der Waals surface area (Å²) < 4.78 is 0. The number of hydrogen-bond donors (Lipinski definition) is 5. The highest BCUT2D eigenvalue weighted by Crippen LogP contribution is 2.25. The van der Waals surface area contributed by atoms with Crippen LogP contribution < -0.4 is 16.0 Å². The molecule has 2 aliphatic rings. The zero-order valence-electron chi connectivity index (χ0n) is 20.7. The van der Waals surface area contributed by atoms with Gasteiger partial charge in [0.05, 0.1) is 6.04 Å². The summed E-state index contributed by atoms with van der Waals surface area (Å²) >= 11 is 6.06. The lowest BCUT2D eigenvalue weighted by atomic mass is 9.91. The minimum absolute atomic E-state index is 0.0185. The van der Waals surface area contributed by atoms with Gasteiger partial charge in [-0.05, 0) is 41.9 Å². The van der Waals surface area contributed by atoms with Gasteiger partial charge in [-0.2, -0.15) is 24.4 Å². The molecule has 0 aliphatic carbocycles. The van der Waals surface area contributed by atoms with Gasteiger partial charge in [-0.15, -0.1) is 0 Å². The number of nitrogens with zero attached hydrogens (tertiary/aromatic N) is 1. The first-order valence-corrected chi connectivity index (χ1v) is 14.2. The smallest absolute Gasteiger partial charge is 0.326 e. The third-order valence-electron chi connectivity index (χ3n) is 6.78. The van der Waals surface area contributed by atoms with Crippen molar-refractivity contribution < 1.29 is 19.5 Å². The third kappa shape index (κ3) is 7.38. The number of carbonyl (C=O) groups is 3. The molecule has 0 spiro atoms. The van der Waals surface area contributed by atoms with Crippen LogP contribution in [0.5, 0.6) is 0 Å². The molecule has 1 aromatic carbocycles. The predicted molar refractivity (Wildman–Crippen MR) is 143 cm³/mol. The van der Waals surface area contributed by atoms with E-state index in [1.54, 1.807) is 4.90 Å². The van der Waals surface area contributed by atoms with E-state index in [0.717, 1.165) is 24.1 Å². The molecule has 8 nitrogen and oxygen atoms in total. The van der Waals surface area contributed by atoms with E-state index < -0.39 is 30.0 Å². The Morgan fingerprint density at radius 2 is 1.97 bits per heavy atom. The van der Waals surface area contributed by atoms with Gasteiger partial charge in [0.25, 0.3) is 0 Å². The van der Waals surface area contributed by atoms with E-state index in [1.807, 2.05) is 44.4 Å². The highest BCUT2D eigenvalue weighted by atomic mass is 32.2. The molecule has 0 saturated carbocycles. The summed E-state index contributed by atoms with van der Waals surface area (Å²) in [7, 11) is 0. The Bertz CT molecular complexity index is 900. The first kappa shape index (κ1) is 27.8. The zero-order chi connectivity index (χ0) is 25.5. The van der Waals surface area contributed by atoms with Crippen LogP contribution in [0.1, 0.15) is 37.8 Å². The third-order valence-corrected chi connectivity index (χ3v) is 7.81. The van der Waals surface area contributed by atoms with E-state index in [1.165, 1.54) is 11.8 Å². The number of carboxylic acid groups (broad SMARTS) is 1.